The number of anilines is 2. The third-order valence-electron chi connectivity index (χ3n) is 5.60. The fraction of sp³-hybridized carbons (Fsp3) is 0.269. The van der Waals surface area contributed by atoms with Crippen LogP contribution < -0.4 is 10.2 Å². The molecule has 1 aliphatic heterocycles. The van der Waals surface area contributed by atoms with E-state index in [1.54, 1.807) is 43.3 Å². The number of allylic oxidation sites excluding steroid dienone is 1. The molecular formula is C26H27N3O4. The fourth-order valence-corrected chi connectivity index (χ4v) is 3.84. The van der Waals surface area contributed by atoms with Crippen LogP contribution in [0.1, 0.15) is 35.7 Å². The van der Waals surface area contributed by atoms with E-state index in [9.17, 15) is 14.7 Å². The maximum atomic E-state index is 12.8. The summed E-state index contributed by atoms with van der Waals surface area (Å²) < 4.78 is 4.86. The summed E-state index contributed by atoms with van der Waals surface area (Å²) in [6.07, 6.45) is 3.93. The zero-order chi connectivity index (χ0) is 23.2. The van der Waals surface area contributed by atoms with E-state index in [1.165, 1.54) is 0 Å². The van der Waals surface area contributed by atoms with Crippen LogP contribution in [-0.4, -0.2) is 47.8 Å². The SMILES string of the molecule is CCOC(=O)Nc1ccc(C(=O)/C=C/c2cc3ccccc3nc2N2CCC(O)CC2)cc1. The van der Waals surface area contributed by atoms with E-state index in [2.05, 4.69) is 10.2 Å². The Bertz CT molecular complexity index is 1170. The summed E-state index contributed by atoms with van der Waals surface area (Å²) >= 11 is 0. The summed E-state index contributed by atoms with van der Waals surface area (Å²) in [4.78, 5) is 31.3. The van der Waals surface area contributed by atoms with Gasteiger partial charge in [-0.05, 0) is 68.3 Å². The van der Waals surface area contributed by atoms with Gasteiger partial charge in [-0.3, -0.25) is 10.1 Å². The van der Waals surface area contributed by atoms with E-state index in [0.29, 0.717) is 24.1 Å². The van der Waals surface area contributed by atoms with Crippen molar-refractivity contribution in [1.82, 2.24) is 4.98 Å². The van der Waals surface area contributed by atoms with Crippen LogP contribution in [0.25, 0.3) is 17.0 Å². The first-order valence-electron chi connectivity index (χ1n) is 11.1. The number of aliphatic hydroxyl groups is 1. The first-order chi connectivity index (χ1) is 16.0. The Morgan fingerprint density at radius 1 is 1.15 bits per heavy atom. The van der Waals surface area contributed by atoms with Crippen LogP contribution in [0.3, 0.4) is 0 Å². The van der Waals surface area contributed by atoms with Gasteiger partial charge in [0.25, 0.3) is 0 Å². The molecule has 2 aromatic carbocycles. The first-order valence-corrected chi connectivity index (χ1v) is 11.1. The van der Waals surface area contributed by atoms with Gasteiger partial charge >= 0.3 is 6.09 Å². The normalized spacial score (nSPS) is 14.5. The molecule has 0 atom stereocenters. The zero-order valence-electron chi connectivity index (χ0n) is 18.5. The van der Waals surface area contributed by atoms with Crippen molar-refractivity contribution in [2.75, 3.05) is 29.9 Å². The second kappa shape index (κ2) is 10.3. The van der Waals surface area contributed by atoms with Gasteiger partial charge in [0.2, 0.25) is 0 Å². The Kier molecular flexibility index (Phi) is 7.00. The van der Waals surface area contributed by atoms with E-state index in [0.717, 1.165) is 35.4 Å². The lowest BCUT2D eigenvalue weighted by Crippen LogP contribution is -2.36. The number of fused-ring (bicyclic) bond motifs is 1. The number of ketones is 1. The molecule has 33 heavy (non-hydrogen) atoms. The van der Waals surface area contributed by atoms with Crippen LogP contribution in [0.4, 0.5) is 16.3 Å². The lowest BCUT2D eigenvalue weighted by atomic mass is 10.0. The van der Waals surface area contributed by atoms with E-state index in [4.69, 9.17) is 9.72 Å². The number of hydrogen-bond donors (Lipinski definition) is 2. The van der Waals surface area contributed by atoms with Gasteiger partial charge in [0.1, 0.15) is 5.82 Å². The molecule has 1 amide bonds. The van der Waals surface area contributed by atoms with Crippen molar-refractivity contribution in [1.29, 1.82) is 0 Å². The Hall–Kier alpha value is -3.71. The number of carbonyl (C=O) groups is 2. The largest absolute Gasteiger partial charge is 0.450 e. The highest BCUT2D eigenvalue weighted by atomic mass is 16.5. The minimum Gasteiger partial charge on any atom is -0.450 e. The lowest BCUT2D eigenvalue weighted by Gasteiger charge is -2.31. The molecule has 7 nitrogen and oxygen atoms in total. The monoisotopic (exact) mass is 445 g/mol. The molecule has 7 heteroatoms. The van der Waals surface area contributed by atoms with Crippen LogP contribution in [-0.2, 0) is 4.74 Å². The van der Waals surface area contributed by atoms with Crippen molar-refractivity contribution in [2.24, 2.45) is 0 Å². The van der Waals surface area contributed by atoms with Gasteiger partial charge in [-0.15, -0.1) is 0 Å². The standard InChI is InChI=1S/C26H27N3O4/c1-2-33-26(32)27-21-10-7-18(8-11-21)24(31)12-9-20-17-19-5-3-4-6-23(19)28-25(20)29-15-13-22(30)14-16-29/h3-12,17,22,30H,2,13-16H2,1H3,(H,27,32)/b12-9+. The van der Waals surface area contributed by atoms with Gasteiger partial charge in [0, 0.05) is 35.3 Å². The number of ether oxygens (including phenoxy) is 1. The molecule has 0 unspecified atom stereocenters. The summed E-state index contributed by atoms with van der Waals surface area (Å²) in [6.45, 7) is 3.46. The zero-order valence-corrected chi connectivity index (χ0v) is 18.5. The van der Waals surface area contributed by atoms with Crippen molar-refractivity contribution in [3.8, 4) is 0 Å². The van der Waals surface area contributed by atoms with Crippen LogP contribution in [0.5, 0.6) is 0 Å². The molecule has 2 heterocycles. The highest BCUT2D eigenvalue weighted by Gasteiger charge is 2.20. The minimum atomic E-state index is -0.530. The molecule has 4 rings (SSSR count). The molecule has 0 spiro atoms. The van der Waals surface area contributed by atoms with Crippen LogP contribution >= 0.6 is 0 Å². The van der Waals surface area contributed by atoms with Crippen molar-refractivity contribution in [3.63, 3.8) is 0 Å². The summed E-state index contributed by atoms with van der Waals surface area (Å²) in [5.74, 6) is 0.671. The van der Waals surface area contributed by atoms with E-state index < -0.39 is 6.09 Å². The van der Waals surface area contributed by atoms with E-state index in [-0.39, 0.29) is 18.5 Å². The average Bonchev–Trinajstić information content (AvgIpc) is 2.83. The average molecular weight is 446 g/mol. The Morgan fingerprint density at radius 3 is 2.61 bits per heavy atom. The van der Waals surface area contributed by atoms with Crippen LogP contribution in [0.15, 0.2) is 60.7 Å². The number of hydrogen-bond acceptors (Lipinski definition) is 6. The van der Waals surface area contributed by atoms with Gasteiger partial charge in [0.15, 0.2) is 5.78 Å². The van der Waals surface area contributed by atoms with Crippen LogP contribution in [0.2, 0.25) is 0 Å². The number of piperidine rings is 1. The maximum absolute atomic E-state index is 12.8. The predicted molar refractivity (Wildman–Crippen MR) is 130 cm³/mol. The fourth-order valence-electron chi connectivity index (χ4n) is 3.84. The summed E-state index contributed by atoms with van der Waals surface area (Å²) in [5.41, 5.74) is 2.82. The quantitative estimate of drug-likeness (QED) is 0.424. The lowest BCUT2D eigenvalue weighted by molar-refractivity contribution is 0.104. The second-order valence-electron chi connectivity index (χ2n) is 7.93. The molecule has 0 aliphatic carbocycles. The van der Waals surface area contributed by atoms with Crippen LogP contribution in [0, 0.1) is 0 Å². The van der Waals surface area contributed by atoms with Crippen molar-refractivity contribution >= 4 is 40.4 Å². The molecule has 0 saturated carbocycles. The molecule has 0 bridgehead atoms. The number of nitrogens with one attached hydrogen (secondary N) is 1. The number of rotatable bonds is 6. The second-order valence-corrected chi connectivity index (χ2v) is 7.93. The molecule has 3 aromatic rings. The molecular weight excluding hydrogens is 418 g/mol. The molecule has 1 aromatic heterocycles. The third-order valence-corrected chi connectivity index (χ3v) is 5.60. The Morgan fingerprint density at radius 2 is 1.88 bits per heavy atom. The molecule has 2 N–H and O–H groups in total. The van der Waals surface area contributed by atoms with Gasteiger partial charge in [-0.25, -0.2) is 9.78 Å². The van der Waals surface area contributed by atoms with Crippen molar-refractivity contribution < 1.29 is 19.4 Å². The molecule has 0 radical (unpaired) electrons. The highest BCUT2D eigenvalue weighted by molar-refractivity contribution is 6.07. The van der Waals surface area contributed by atoms with Gasteiger partial charge < -0.3 is 14.7 Å². The maximum Gasteiger partial charge on any atom is 0.411 e. The highest BCUT2D eigenvalue weighted by Crippen LogP contribution is 2.27. The summed E-state index contributed by atoms with van der Waals surface area (Å²) in [6, 6.07) is 16.6. The van der Waals surface area contributed by atoms with Gasteiger partial charge in [0.05, 0.1) is 18.2 Å². The van der Waals surface area contributed by atoms with Gasteiger partial charge in [-0.2, -0.15) is 0 Å². The number of amides is 1. The topological polar surface area (TPSA) is 91.8 Å². The number of aliphatic hydroxyl groups excluding tert-OH is 1. The van der Waals surface area contributed by atoms with Crippen molar-refractivity contribution in [2.45, 2.75) is 25.9 Å². The first kappa shape index (κ1) is 22.5. The summed E-state index contributed by atoms with van der Waals surface area (Å²) in [7, 11) is 0. The smallest absolute Gasteiger partial charge is 0.411 e. The number of para-hydroxylation sites is 1. The number of pyridine rings is 1. The number of carbonyl (C=O) groups excluding carboxylic acids is 2. The minimum absolute atomic E-state index is 0.147. The number of benzene rings is 2. The number of aromatic nitrogens is 1. The van der Waals surface area contributed by atoms with E-state index in [1.807, 2.05) is 30.3 Å². The number of nitrogens with zero attached hydrogens (tertiary/aromatic N) is 2. The molecule has 1 saturated heterocycles. The molecule has 1 fully saturated rings. The Balaban J connectivity index is 1.56. The molecule has 1 aliphatic rings. The molecule has 170 valence electrons. The Labute approximate surface area is 192 Å². The predicted octanol–water partition coefficient (Wildman–Crippen LogP) is 4.66. The van der Waals surface area contributed by atoms with E-state index >= 15 is 0 Å². The summed E-state index contributed by atoms with van der Waals surface area (Å²) in [5, 5.41) is 13.5. The third kappa shape index (κ3) is 5.56. The van der Waals surface area contributed by atoms with Gasteiger partial charge in [-0.1, -0.05) is 18.2 Å². The van der Waals surface area contributed by atoms with Crippen molar-refractivity contribution in [3.05, 3.63) is 71.8 Å².